The average molecular weight is 835 g/mol. The van der Waals surface area contributed by atoms with Crippen LogP contribution in [0, 0.1) is 0 Å². The second kappa shape index (κ2) is 37.5. The van der Waals surface area contributed by atoms with Gasteiger partial charge in [0.05, 0.1) is 51.6 Å². The molecule has 0 amide bonds. The molecule has 51 heavy (non-hydrogen) atoms. The summed E-state index contributed by atoms with van der Waals surface area (Å²) in [5, 5.41) is 73.9. The molecule has 0 aliphatic heterocycles. The van der Waals surface area contributed by atoms with Crippen LogP contribution in [0.25, 0.3) is 0 Å². The molecule has 0 radical (unpaired) electrons. The van der Waals surface area contributed by atoms with Crippen molar-refractivity contribution < 1.29 is 107 Å². The van der Waals surface area contributed by atoms with Crippen molar-refractivity contribution in [3.05, 3.63) is 0 Å². The summed E-state index contributed by atoms with van der Waals surface area (Å²) in [5.41, 5.74) is 0. The van der Waals surface area contributed by atoms with Crippen LogP contribution in [-0.4, -0.2) is 306 Å². The van der Waals surface area contributed by atoms with Gasteiger partial charge in [-0.15, -0.1) is 0 Å². The summed E-state index contributed by atoms with van der Waals surface area (Å²) in [7, 11) is 0. The Hall–Kier alpha value is -0.781. The van der Waals surface area contributed by atoms with Crippen molar-refractivity contribution in [2.75, 3.05) is 105 Å². The first kappa shape index (κ1) is 65.1. The fraction of sp³-hybridized carbons (Fsp3) is 0.667. The van der Waals surface area contributed by atoms with Gasteiger partial charge in [-0.05, 0) is 0 Å². The summed E-state index contributed by atoms with van der Waals surface area (Å²) in [5.74, 6) is -11.2. The molecule has 27 heteroatoms. The van der Waals surface area contributed by atoms with E-state index >= 15 is 0 Å². The summed E-state index contributed by atoms with van der Waals surface area (Å²) in [4.78, 5) is 88.5. The number of carbonyl (C=O) groups is 8. The third-order valence-corrected chi connectivity index (χ3v) is 5.19. The number of rotatable bonds is 26. The van der Waals surface area contributed by atoms with Gasteiger partial charge in [-0.1, -0.05) is 0 Å². The zero-order chi connectivity index (χ0) is 35.8. The van der Waals surface area contributed by atoms with Gasteiger partial charge in [-0.25, -0.2) is 28.8 Å². The van der Waals surface area contributed by atoms with Crippen molar-refractivity contribution in [2.45, 2.75) is 0 Å². The number of quaternary nitrogens is 2. The molecule has 12 N–H and O–H groups in total. The molecule has 0 aromatic heterocycles. The number of hydrogen-bond acceptors (Lipinski definition) is 18. The number of carboxylic acids is 6. The van der Waals surface area contributed by atoms with Crippen molar-refractivity contribution in [1.82, 2.24) is 12.3 Å². The maximum absolute atomic E-state index is 11.7. The Balaban J connectivity index is -0.000000138. The van der Waals surface area contributed by atoms with Crippen LogP contribution in [0.2, 0.25) is 0 Å². The standard InChI is InChI=1S/2C12H19NO10.3Ca.2H3N.6H/c2*14-1-2-22-3-4-23-12(21)8-13(5-9(15)16,6-10(17)18)7-11(19)20;;;;;;;;;;;/h2*14H,1-8H2,(H2-,15,16,17,18,19,20);;;;2*1H3;;;;;;. The SMILES string of the molecule is N.N.O=C(O)C[N+](CC(=O)O)(CC(=O)O)CC(=O)OCCOCCO.O=C([O-])C[N+](CC(=O)[O-])(CC(=O)O)CC(=O)OCCOCCO.[CaH2].[CaH2].[CaH2]. The zero-order valence-electron chi connectivity index (χ0n) is 26.0. The van der Waals surface area contributed by atoms with Gasteiger partial charge in [0.15, 0.2) is 39.3 Å². The molecule has 0 spiro atoms. The van der Waals surface area contributed by atoms with Gasteiger partial charge in [-0.3, -0.25) is 8.97 Å². The molecule has 292 valence electrons. The first-order valence-electron chi connectivity index (χ1n) is 13.1. The number of esters is 2. The Bertz CT molecular complexity index is 894. The van der Waals surface area contributed by atoms with Crippen LogP contribution in [0.3, 0.4) is 0 Å². The minimum atomic E-state index is -1.72. The molecule has 0 aliphatic rings. The van der Waals surface area contributed by atoms with E-state index in [0.717, 1.165) is 0 Å². The second-order valence-electron chi connectivity index (χ2n) is 9.38. The molecule has 0 fully saturated rings. The summed E-state index contributed by atoms with van der Waals surface area (Å²) >= 11 is 0. The third kappa shape index (κ3) is 38.7. The Morgan fingerprint density at radius 2 is 0.686 bits per heavy atom. The van der Waals surface area contributed by atoms with Gasteiger partial charge >= 0.3 is 149 Å². The number of aliphatic hydroxyl groups is 2. The molecule has 0 aliphatic carbocycles. The molecule has 0 aromatic carbocycles. The monoisotopic (exact) mass is 834 g/mol. The van der Waals surface area contributed by atoms with Crippen LogP contribution >= 0.6 is 0 Å². The van der Waals surface area contributed by atoms with Gasteiger partial charge in [-0.2, -0.15) is 0 Å². The Kier molecular flexibility index (Phi) is 47.9. The molecule has 24 nitrogen and oxygen atoms in total. The van der Waals surface area contributed by atoms with Crippen LogP contribution in [0.5, 0.6) is 0 Å². The molecular formula is C24H50Ca3N4O20. The predicted octanol–water partition coefficient (Wildman–Crippen LogP) is -9.88. The third-order valence-electron chi connectivity index (χ3n) is 5.19. The van der Waals surface area contributed by atoms with Crippen LogP contribution in [0.4, 0.5) is 0 Å². The molecule has 0 saturated heterocycles. The molecule has 0 rings (SSSR count). The van der Waals surface area contributed by atoms with Gasteiger partial charge in [0.1, 0.15) is 26.3 Å². The molecule has 0 bridgehead atoms. The van der Waals surface area contributed by atoms with Crippen molar-refractivity contribution in [1.29, 1.82) is 0 Å². The van der Waals surface area contributed by atoms with E-state index in [4.69, 9.17) is 49.6 Å². The predicted molar refractivity (Wildman–Crippen MR) is 173 cm³/mol. The summed E-state index contributed by atoms with van der Waals surface area (Å²) < 4.78 is 17.0. The van der Waals surface area contributed by atoms with Crippen LogP contribution in [-0.2, 0) is 57.3 Å². The fourth-order valence-electron chi connectivity index (χ4n) is 3.77. The summed E-state index contributed by atoms with van der Waals surface area (Å²) in [6.07, 6.45) is 0. The molecule has 0 aromatic rings. The molecular weight excluding hydrogens is 785 g/mol. The molecule has 0 saturated carbocycles. The van der Waals surface area contributed by atoms with Crippen molar-refractivity contribution in [3.63, 3.8) is 0 Å². The zero-order valence-corrected chi connectivity index (χ0v) is 26.0. The number of ether oxygens (including phenoxy) is 4. The minimum absolute atomic E-state index is 0. The number of hydrogen-bond donors (Lipinski definition) is 8. The Labute approximate surface area is 381 Å². The fourth-order valence-corrected chi connectivity index (χ4v) is 3.77. The first-order chi connectivity index (χ1) is 21.4. The van der Waals surface area contributed by atoms with E-state index in [0.29, 0.717) is 0 Å². The summed E-state index contributed by atoms with van der Waals surface area (Å²) in [6, 6.07) is 0. The van der Waals surface area contributed by atoms with Crippen LogP contribution in [0.1, 0.15) is 0 Å². The number of aliphatic hydroxyl groups excluding tert-OH is 2. The maximum atomic E-state index is 11.7. The first-order valence-corrected chi connectivity index (χ1v) is 13.1. The Morgan fingerprint density at radius 3 is 0.902 bits per heavy atom. The average Bonchev–Trinajstić information content (AvgIpc) is 2.85. The van der Waals surface area contributed by atoms with E-state index in [-0.39, 0.29) is 178 Å². The molecule has 0 unspecified atom stereocenters. The number of carbonyl (C=O) groups excluding carboxylic acids is 4. The van der Waals surface area contributed by atoms with Crippen LogP contribution < -0.4 is 22.5 Å². The Morgan fingerprint density at radius 1 is 0.431 bits per heavy atom. The van der Waals surface area contributed by atoms with E-state index in [2.05, 4.69) is 0 Å². The normalized spacial score (nSPS) is 9.92. The number of carboxylic acid groups (broad SMARTS) is 6. The van der Waals surface area contributed by atoms with Crippen molar-refractivity contribution in [3.8, 4) is 0 Å². The second-order valence-corrected chi connectivity index (χ2v) is 9.38. The topological polar surface area (TPSA) is 411 Å². The van der Waals surface area contributed by atoms with E-state index < -0.39 is 109 Å². The van der Waals surface area contributed by atoms with E-state index in [9.17, 15) is 48.6 Å². The quantitative estimate of drug-likeness (QED) is 0.0174. The molecule has 0 heterocycles. The van der Waals surface area contributed by atoms with Crippen molar-refractivity contribution >= 4 is 161 Å². The van der Waals surface area contributed by atoms with Gasteiger partial charge in [0.25, 0.3) is 0 Å². The van der Waals surface area contributed by atoms with Crippen molar-refractivity contribution in [2.24, 2.45) is 0 Å². The number of nitrogens with zero attached hydrogens (tertiary/aromatic N) is 2. The summed E-state index contributed by atoms with van der Waals surface area (Å²) in [6.45, 7) is -7.81. The van der Waals surface area contributed by atoms with Crippen LogP contribution in [0.15, 0.2) is 0 Å². The van der Waals surface area contributed by atoms with E-state index in [1.807, 2.05) is 0 Å². The van der Waals surface area contributed by atoms with Gasteiger partial charge in [0.2, 0.25) is 0 Å². The van der Waals surface area contributed by atoms with Gasteiger partial charge < -0.3 is 81.7 Å². The van der Waals surface area contributed by atoms with E-state index in [1.165, 1.54) is 0 Å². The van der Waals surface area contributed by atoms with E-state index in [1.54, 1.807) is 0 Å². The molecule has 0 atom stereocenters. The van der Waals surface area contributed by atoms with Gasteiger partial charge in [0, 0.05) is 0 Å². The number of aliphatic carboxylic acids is 6.